The fourth-order valence-electron chi connectivity index (χ4n) is 0.985. The highest BCUT2D eigenvalue weighted by Gasteiger charge is 2.28. The Hall–Kier alpha value is -1.57. The van der Waals surface area contributed by atoms with E-state index in [0.717, 1.165) is 12.2 Å². The molecule has 0 bridgehead atoms. The van der Waals surface area contributed by atoms with Gasteiger partial charge in [0.25, 0.3) is 11.8 Å². The summed E-state index contributed by atoms with van der Waals surface area (Å²) in [6, 6.07) is 0. The van der Waals surface area contributed by atoms with E-state index in [4.69, 9.17) is 0 Å². The van der Waals surface area contributed by atoms with E-state index in [2.05, 4.69) is 9.98 Å². The van der Waals surface area contributed by atoms with Crippen LogP contribution in [0.15, 0.2) is 21.6 Å². The second-order valence-corrected chi connectivity index (χ2v) is 4.09. The lowest BCUT2D eigenvalue weighted by atomic mass is 10.4. The van der Waals surface area contributed by atoms with Crippen LogP contribution in [0.4, 0.5) is 0 Å². The topological polar surface area (TPSA) is 108 Å². The Morgan fingerprint density at radius 3 is 2.81 bits per heavy atom. The molecule has 0 aromatic heterocycles. The largest absolute Gasteiger partial charge is 0.488 e. The lowest BCUT2D eigenvalue weighted by molar-refractivity contribution is -0.419. The van der Waals surface area contributed by atoms with Crippen molar-refractivity contribution in [1.29, 1.82) is 0 Å². The van der Waals surface area contributed by atoms with E-state index in [9.17, 15) is 20.3 Å². The van der Waals surface area contributed by atoms with Crippen LogP contribution in [-0.4, -0.2) is 38.4 Å². The molecule has 0 aromatic carbocycles. The predicted octanol–water partition coefficient (Wildman–Crippen LogP) is 1.50. The molecule has 8 heteroatoms. The molecule has 2 N–H and O–H groups in total. The molecule has 1 heterocycles. The van der Waals surface area contributed by atoms with Crippen molar-refractivity contribution >= 4 is 22.7 Å². The number of thioether (sulfide) groups is 1. The molecule has 0 fully saturated rings. The molecule has 0 unspecified atom stereocenters. The van der Waals surface area contributed by atoms with Crippen molar-refractivity contribution in [2.45, 2.75) is 13.3 Å². The number of rotatable bonds is 3. The van der Waals surface area contributed by atoms with Gasteiger partial charge in [0.2, 0.25) is 0 Å². The Labute approximate surface area is 95.8 Å². The summed E-state index contributed by atoms with van der Waals surface area (Å²) < 4.78 is 0. The first-order chi connectivity index (χ1) is 7.56. The van der Waals surface area contributed by atoms with E-state index in [-0.39, 0.29) is 6.54 Å². The Morgan fingerprint density at radius 1 is 1.56 bits per heavy atom. The summed E-state index contributed by atoms with van der Waals surface area (Å²) in [5.74, 6) is -0.823. The average Bonchev–Trinajstić information content (AvgIpc) is 2.34. The number of aliphatic hydroxyl groups excluding tert-OH is 2. The van der Waals surface area contributed by atoms with Crippen LogP contribution in [0.3, 0.4) is 0 Å². The minimum Gasteiger partial charge on any atom is -0.488 e. The van der Waals surface area contributed by atoms with Crippen molar-refractivity contribution in [3.63, 3.8) is 0 Å². The van der Waals surface area contributed by atoms with Gasteiger partial charge in [-0.15, -0.1) is 11.8 Å². The number of aliphatic imine (C=N–C) groups is 2. The van der Waals surface area contributed by atoms with Gasteiger partial charge >= 0.3 is 5.70 Å². The van der Waals surface area contributed by atoms with Crippen molar-refractivity contribution < 1.29 is 15.1 Å². The summed E-state index contributed by atoms with van der Waals surface area (Å²) in [4.78, 5) is 16.8. The summed E-state index contributed by atoms with van der Waals surface area (Å²) in [5, 5.41) is 29.6. The highest BCUT2D eigenvalue weighted by Crippen LogP contribution is 2.15. The zero-order chi connectivity index (χ0) is 12.1. The molecule has 1 rings (SSSR count). The Balaban J connectivity index is 2.98. The third kappa shape index (κ3) is 2.96. The number of hydrogen-bond donors (Lipinski definition) is 2. The lowest BCUT2D eigenvalue weighted by Gasteiger charge is -1.98. The van der Waals surface area contributed by atoms with Crippen molar-refractivity contribution in [2.75, 3.05) is 12.3 Å². The zero-order valence-corrected chi connectivity index (χ0v) is 9.40. The van der Waals surface area contributed by atoms with Crippen LogP contribution in [0, 0.1) is 10.1 Å². The number of aliphatic hydroxyl groups is 2. The van der Waals surface area contributed by atoms with Crippen LogP contribution in [0.1, 0.15) is 13.3 Å². The molecule has 1 aliphatic rings. The van der Waals surface area contributed by atoms with Crippen LogP contribution in [0.2, 0.25) is 0 Å². The molecule has 16 heavy (non-hydrogen) atoms. The third-order valence-electron chi connectivity index (χ3n) is 1.67. The van der Waals surface area contributed by atoms with Gasteiger partial charge in [-0.2, -0.15) is 0 Å². The first-order valence-corrected chi connectivity index (χ1v) is 5.56. The van der Waals surface area contributed by atoms with Crippen LogP contribution >= 0.6 is 11.8 Å². The highest BCUT2D eigenvalue weighted by atomic mass is 32.2. The minimum absolute atomic E-state index is 0.0396. The average molecular weight is 245 g/mol. The first kappa shape index (κ1) is 12.5. The van der Waals surface area contributed by atoms with E-state index < -0.39 is 22.4 Å². The summed E-state index contributed by atoms with van der Waals surface area (Å²) >= 11 is 1.35. The molecule has 0 spiro atoms. The Morgan fingerprint density at radius 2 is 2.25 bits per heavy atom. The maximum absolute atomic E-state index is 10.5. The SMILES string of the molecule is CCCSC1=NC(O)=C([N+](=O)[O-])C(O)=NC1. The molecule has 0 atom stereocenters. The van der Waals surface area contributed by atoms with Gasteiger partial charge in [0.05, 0.1) is 16.5 Å². The molecule has 7 nitrogen and oxygen atoms in total. The van der Waals surface area contributed by atoms with Gasteiger partial charge in [-0.05, 0) is 12.2 Å². The second-order valence-electron chi connectivity index (χ2n) is 2.92. The van der Waals surface area contributed by atoms with Crippen molar-refractivity contribution in [1.82, 2.24) is 0 Å². The number of hydrogen-bond acceptors (Lipinski definition) is 6. The maximum Gasteiger partial charge on any atom is 0.391 e. The molecular formula is C8H11N3O4S. The molecule has 1 aliphatic heterocycles. The summed E-state index contributed by atoms with van der Waals surface area (Å²) in [7, 11) is 0. The number of nitro groups is 1. The monoisotopic (exact) mass is 245 g/mol. The van der Waals surface area contributed by atoms with E-state index in [0.29, 0.717) is 5.04 Å². The Bertz CT molecular complexity index is 389. The predicted molar refractivity (Wildman–Crippen MR) is 61.8 cm³/mol. The smallest absolute Gasteiger partial charge is 0.391 e. The van der Waals surface area contributed by atoms with Crippen LogP contribution in [0.25, 0.3) is 0 Å². The quantitative estimate of drug-likeness (QED) is 0.578. The van der Waals surface area contributed by atoms with Gasteiger partial charge in [-0.1, -0.05) is 6.92 Å². The van der Waals surface area contributed by atoms with Gasteiger partial charge < -0.3 is 10.2 Å². The minimum atomic E-state index is -0.912. The summed E-state index contributed by atoms with van der Waals surface area (Å²) in [5.41, 5.74) is -0.855. The van der Waals surface area contributed by atoms with Crippen molar-refractivity contribution in [2.24, 2.45) is 9.98 Å². The normalized spacial score (nSPS) is 16.6. The summed E-state index contributed by atoms with van der Waals surface area (Å²) in [6.07, 6.45) is 0.909. The van der Waals surface area contributed by atoms with E-state index in [1.54, 1.807) is 0 Å². The molecule has 0 aromatic rings. The highest BCUT2D eigenvalue weighted by molar-refractivity contribution is 8.14. The summed E-state index contributed by atoms with van der Waals surface area (Å²) in [6.45, 7) is 2.01. The van der Waals surface area contributed by atoms with Crippen molar-refractivity contribution in [3.8, 4) is 0 Å². The molecule has 0 radical (unpaired) electrons. The van der Waals surface area contributed by atoms with E-state index >= 15 is 0 Å². The first-order valence-electron chi connectivity index (χ1n) is 4.58. The zero-order valence-electron chi connectivity index (χ0n) is 8.58. The van der Waals surface area contributed by atoms with Gasteiger partial charge in [0.1, 0.15) is 0 Å². The molecular weight excluding hydrogens is 234 g/mol. The van der Waals surface area contributed by atoms with Gasteiger partial charge in [0, 0.05) is 0 Å². The van der Waals surface area contributed by atoms with Crippen LogP contribution in [0.5, 0.6) is 0 Å². The van der Waals surface area contributed by atoms with E-state index in [1.165, 1.54) is 11.8 Å². The van der Waals surface area contributed by atoms with E-state index in [1.807, 2.05) is 6.92 Å². The molecule has 0 amide bonds. The molecule has 0 saturated heterocycles. The van der Waals surface area contributed by atoms with Gasteiger partial charge in [0.15, 0.2) is 0 Å². The van der Waals surface area contributed by atoms with Gasteiger partial charge in [-0.3, -0.25) is 10.1 Å². The maximum atomic E-state index is 10.5. The third-order valence-corrected chi connectivity index (χ3v) is 2.84. The lowest BCUT2D eigenvalue weighted by Crippen LogP contribution is -2.12. The van der Waals surface area contributed by atoms with Gasteiger partial charge in [-0.25, -0.2) is 9.98 Å². The second kappa shape index (κ2) is 5.50. The number of nitrogens with zero attached hydrogens (tertiary/aromatic N) is 3. The molecule has 88 valence electrons. The fourth-order valence-corrected chi connectivity index (χ4v) is 1.73. The van der Waals surface area contributed by atoms with Crippen LogP contribution < -0.4 is 0 Å². The molecule has 0 saturated carbocycles. The standard InChI is InChI=1S/C8H11N3O4S/c1-2-3-16-5-4-9-7(12)6(11(14)15)8(13)10-5/h13H,2-4H2,1H3,(H,9,12). The van der Waals surface area contributed by atoms with Crippen molar-refractivity contribution in [3.05, 3.63) is 21.7 Å². The fraction of sp³-hybridized carbons (Fsp3) is 0.500. The molecule has 0 aliphatic carbocycles. The van der Waals surface area contributed by atoms with Crippen LogP contribution in [-0.2, 0) is 0 Å². The Kier molecular flexibility index (Phi) is 4.29.